The number of carboxylic acids is 1. The van der Waals surface area contributed by atoms with Crippen molar-refractivity contribution in [2.45, 2.75) is 19.4 Å². The van der Waals surface area contributed by atoms with Crippen LogP contribution in [0.4, 0.5) is 5.69 Å². The second-order valence-corrected chi connectivity index (χ2v) is 5.44. The molecule has 2 rings (SSSR count). The first-order valence-corrected chi connectivity index (χ1v) is 7.13. The van der Waals surface area contributed by atoms with E-state index in [9.17, 15) is 20.0 Å². The van der Waals surface area contributed by atoms with Gasteiger partial charge >= 0.3 is 5.97 Å². The van der Waals surface area contributed by atoms with E-state index in [-0.39, 0.29) is 5.69 Å². The molecule has 2 atom stereocenters. The SMILES string of the molecule is CC(Cc1ccc(-c2ccccc2[N+](=O)[O-])cc1)C(O)C(=O)O. The van der Waals surface area contributed by atoms with Gasteiger partial charge in [0, 0.05) is 6.07 Å². The molecule has 0 spiro atoms. The van der Waals surface area contributed by atoms with Crippen LogP contribution in [-0.2, 0) is 11.2 Å². The summed E-state index contributed by atoms with van der Waals surface area (Å²) in [5, 5.41) is 29.4. The van der Waals surface area contributed by atoms with Gasteiger partial charge in [-0.2, -0.15) is 0 Å². The van der Waals surface area contributed by atoms with Crippen molar-refractivity contribution in [3.05, 3.63) is 64.2 Å². The van der Waals surface area contributed by atoms with Crippen molar-refractivity contribution >= 4 is 11.7 Å². The van der Waals surface area contributed by atoms with Crippen molar-refractivity contribution in [1.82, 2.24) is 0 Å². The fourth-order valence-corrected chi connectivity index (χ4v) is 2.42. The minimum Gasteiger partial charge on any atom is -0.479 e. The van der Waals surface area contributed by atoms with Gasteiger partial charge < -0.3 is 10.2 Å². The summed E-state index contributed by atoms with van der Waals surface area (Å²) in [6.45, 7) is 1.66. The number of aliphatic carboxylic acids is 1. The molecular formula is C17H17NO5. The van der Waals surface area contributed by atoms with Crippen LogP contribution in [0.15, 0.2) is 48.5 Å². The van der Waals surface area contributed by atoms with Crippen LogP contribution in [0.3, 0.4) is 0 Å². The molecule has 0 aliphatic heterocycles. The number of hydrogen-bond donors (Lipinski definition) is 2. The van der Waals surface area contributed by atoms with E-state index in [1.54, 1.807) is 49.4 Å². The van der Waals surface area contributed by atoms with Crippen LogP contribution in [0, 0.1) is 16.0 Å². The zero-order chi connectivity index (χ0) is 17.0. The second kappa shape index (κ2) is 7.02. The number of para-hydroxylation sites is 1. The molecule has 0 amide bonds. The van der Waals surface area contributed by atoms with Gasteiger partial charge in [0.2, 0.25) is 0 Å². The minimum atomic E-state index is -1.41. The molecule has 2 aromatic carbocycles. The molecule has 2 aromatic rings. The average molecular weight is 315 g/mol. The molecular weight excluding hydrogens is 298 g/mol. The molecule has 0 bridgehead atoms. The van der Waals surface area contributed by atoms with E-state index in [1.807, 2.05) is 0 Å². The Bertz CT molecular complexity index is 711. The van der Waals surface area contributed by atoms with Gasteiger partial charge in [0.05, 0.1) is 10.5 Å². The van der Waals surface area contributed by atoms with E-state index in [1.165, 1.54) is 6.07 Å². The Labute approximate surface area is 133 Å². The van der Waals surface area contributed by atoms with Gasteiger partial charge in [0.1, 0.15) is 0 Å². The van der Waals surface area contributed by atoms with E-state index in [0.717, 1.165) is 5.56 Å². The first kappa shape index (κ1) is 16.6. The number of hydrogen-bond acceptors (Lipinski definition) is 4. The molecule has 0 aromatic heterocycles. The molecule has 0 heterocycles. The van der Waals surface area contributed by atoms with Crippen molar-refractivity contribution < 1.29 is 19.9 Å². The normalized spacial score (nSPS) is 13.3. The van der Waals surface area contributed by atoms with Crippen molar-refractivity contribution in [2.75, 3.05) is 0 Å². The number of rotatable bonds is 6. The van der Waals surface area contributed by atoms with Crippen LogP contribution >= 0.6 is 0 Å². The fourth-order valence-electron chi connectivity index (χ4n) is 2.42. The molecule has 2 N–H and O–H groups in total. The third-order valence-corrected chi connectivity index (χ3v) is 3.72. The number of aliphatic hydroxyl groups excluding tert-OH is 1. The molecule has 0 aliphatic carbocycles. The van der Waals surface area contributed by atoms with E-state index in [2.05, 4.69) is 0 Å². The maximum absolute atomic E-state index is 11.1. The second-order valence-electron chi connectivity index (χ2n) is 5.44. The monoisotopic (exact) mass is 315 g/mol. The van der Waals surface area contributed by atoms with Gasteiger partial charge in [-0.25, -0.2) is 4.79 Å². The summed E-state index contributed by atoms with van der Waals surface area (Å²) in [6.07, 6.45) is -1.00. The molecule has 0 fully saturated rings. The number of nitrogens with zero attached hydrogens (tertiary/aromatic N) is 1. The summed E-state index contributed by atoms with van der Waals surface area (Å²) in [6, 6.07) is 13.6. The lowest BCUT2D eigenvalue weighted by Gasteiger charge is -2.15. The van der Waals surface area contributed by atoms with Crippen LogP contribution in [0.2, 0.25) is 0 Å². The van der Waals surface area contributed by atoms with Gasteiger partial charge in [-0.1, -0.05) is 43.3 Å². The molecule has 0 radical (unpaired) electrons. The predicted octanol–water partition coefficient (Wildman–Crippen LogP) is 2.89. The van der Waals surface area contributed by atoms with E-state index < -0.39 is 22.9 Å². The highest BCUT2D eigenvalue weighted by Crippen LogP contribution is 2.29. The largest absolute Gasteiger partial charge is 0.479 e. The molecule has 0 saturated heterocycles. The number of carboxylic acid groups (broad SMARTS) is 1. The minimum absolute atomic E-state index is 0.0370. The summed E-state index contributed by atoms with van der Waals surface area (Å²) in [4.78, 5) is 21.4. The van der Waals surface area contributed by atoms with Crippen molar-refractivity contribution in [3.8, 4) is 11.1 Å². The number of aliphatic hydroxyl groups is 1. The maximum Gasteiger partial charge on any atom is 0.332 e. The quantitative estimate of drug-likeness (QED) is 0.630. The van der Waals surface area contributed by atoms with Crippen molar-refractivity contribution in [3.63, 3.8) is 0 Å². The van der Waals surface area contributed by atoms with E-state index >= 15 is 0 Å². The average Bonchev–Trinajstić information content (AvgIpc) is 2.54. The number of nitro benzene ring substituents is 1. The Morgan fingerprint density at radius 3 is 2.35 bits per heavy atom. The number of nitro groups is 1. The van der Waals surface area contributed by atoms with Crippen molar-refractivity contribution in [2.24, 2.45) is 5.92 Å². The summed E-state index contributed by atoms with van der Waals surface area (Å²) >= 11 is 0. The lowest BCUT2D eigenvalue weighted by molar-refractivity contribution is -0.384. The van der Waals surface area contributed by atoms with Crippen LogP contribution in [-0.4, -0.2) is 27.2 Å². The molecule has 0 saturated carbocycles. The predicted molar refractivity (Wildman–Crippen MR) is 85.0 cm³/mol. The van der Waals surface area contributed by atoms with Crippen LogP contribution in [0.1, 0.15) is 12.5 Å². The third-order valence-electron chi connectivity index (χ3n) is 3.72. The Balaban J connectivity index is 2.21. The highest BCUT2D eigenvalue weighted by molar-refractivity contribution is 5.73. The number of benzene rings is 2. The smallest absolute Gasteiger partial charge is 0.332 e. The first-order valence-electron chi connectivity index (χ1n) is 7.13. The van der Waals surface area contributed by atoms with Crippen LogP contribution in [0.25, 0.3) is 11.1 Å². The highest BCUT2D eigenvalue weighted by atomic mass is 16.6. The Morgan fingerprint density at radius 1 is 1.17 bits per heavy atom. The summed E-state index contributed by atoms with van der Waals surface area (Å²) in [5.74, 6) is -1.67. The van der Waals surface area contributed by atoms with Crippen LogP contribution < -0.4 is 0 Å². The maximum atomic E-state index is 11.1. The first-order chi connectivity index (χ1) is 10.9. The third kappa shape index (κ3) is 3.92. The molecule has 2 unspecified atom stereocenters. The molecule has 0 aliphatic rings. The molecule has 120 valence electrons. The standard InChI is InChI=1S/C17H17NO5/c1-11(16(19)17(20)21)10-12-6-8-13(9-7-12)14-4-2-3-5-15(14)18(22)23/h2-9,11,16,19H,10H2,1H3,(H,20,21). The lowest BCUT2D eigenvalue weighted by atomic mass is 9.94. The van der Waals surface area contributed by atoms with E-state index in [4.69, 9.17) is 5.11 Å². The van der Waals surface area contributed by atoms with Gasteiger partial charge in [0.15, 0.2) is 6.10 Å². The number of carbonyl (C=O) groups is 1. The van der Waals surface area contributed by atoms with Crippen molar-refractivity contribution in [1.29, 1.82) is 0 Å². The lowest BCUT2D eigenvalue weighted by Crippen LogP contribution is -2.28. The Kier molecular flexibility index (Phi) is 5.08. The Morgan fingerprint density at radius 2 is 1.78 bits per heavy atom. The summed E-state index contributed by atoms with van der Waals surface area (Å²) < 4.78 is 0. The van der Waals surface area contributed by atoms with Gasteiger partial charge in [-0.3, -0.25) is 10.1 Å². The van der Waals surface area contributed by atoms with Gasteiger partial charge in [-0.15, -0.1) is 0 Å². The van der Waals surface area contributed by atoms with Gasteiger partial charge in [0.25, 0.3) is 5.69 Å². The zero-order valence-electron chi connectivity index (χ0n) is 12.5. The van der Waals surface area contributed by atoms with E-state index in [0.29, 0.717) is 17.5 Å². The van der Waals surface area contributed by atoms with Gasteiger partial charge in [-0.05, 0) is 29.5 Å². The topological polar surface area (TPSA) is 101 Å². The zero-order valence-corrected chi connectivity index (χ0v) is 12.5. The van der Waals surface area contributed by atoms with Crippen LogP contribution in [0.5, 0.6) is 0 Å². The Hall–Kier alpha value is -2.73. The molecule has 6 heteroatoms. The highest BCUT2D eigenvalue weighted by Gasteiger charge is 2.21. The molecule has 23 heavy (non-hydrogen) atoms. The summed E-state index contributed by atoms with van der Waals surface area (Å²) in [5.41, 5.74) is 2.14. The molecule has 6 nitrogen and oxygen atoms in total. The fraction of sp³-hybridized carbons (Fsp3) is 0.235. The summed E-state index contributed by atoms with van der Waals surface area (Å²) in [7, 11) is 0.